The van der Waals surface area contributed by atoms with Crippen molar-refractivity contribution in [3.8, 4) is 0 Å². The van der Waals surface area contributed by atoms with Crippen molar-refractivity contribution >= 4 is 0 Å². The van der Waals surface area contributed by atoms with Gasteiger partial charge in [-0.3, -0.25) is 0 Å². The van der Waals surface area contributed by atoms with Gasteiger partial charge in [0.1, 0.15) is 11.6 Å². The van der Waals surface area contributed by atoms with Crippen LogP contribution in [0.2, 0.25) is 0 Å². The molecule has 3 rings (SSSR count). The normalized spacial score (nSPS) is 18.3. The van der Waals surface area contributed by atoms with E-state index in [4.69, 9.17) is 5.73 Å². The van der Waals surface area contributed by atoms with E-state index in [2.05, 4.69) is 12.1 Å². The molecule has 2 aromatic rings. The lowest BCUT2D eigenvalue weighted by molar-refractivity contribution is 0.477. The molecule has 0 saturated carbocycles. The Bertz CT molecular complexity index is 651. The Hall–Kier alpha value is -1.74. The van der Waals surface area contributed by atoms with Crippen molar-refractivity contribution in [2.75, 3.05) is 0 Å². The number of hydrogen-bond acceptors (Lipinski definition) is 1. The number of fused-ring (bicyclic) bond motifs is 1. The largest absolute Gasteiger partial charge is 0.324 e. The minimum absolute atomic E-state index is 0.381. The van der Waals surface area contributed by atoms with Gasteiger partial charge in [0.25, 0.3) is 0 Å². The van der Waals surface area contributed by atoms with Crippen molar-refractivity contribution in [3.05, 3.63) is 70.3 Å². The molecule has 0 aromatic heterocycles. The van der Waals surface area contributed by atoms with Gasteiger partial charge in [-0.2, -0.15) is 0 Å². The zero-order valence-corrected chi connectivity index (χ0v) is 11.4. The summed E-state index contributed by atoms with van der Waals surface area (Å²) in [5, 5.41) is 0. The van der Waals surface area contributed by atoms with Gasteiger partial charge in [0.05, 0.1) is 0 Å². The van der Waals surface area contributed by atoms with Crippen LogP contribution in [-0.2, 0) is 6.42 Å². The highest BCUT2D eigenvalue weighted by atomic mass is 19.1. The summed E-state index contributed by atoms with van der Waals surface area (Å²) < 4.78 is 27.1. The third kappa shape index (κ3) is 2.22. The maximum atomic E-state index is 13.8. The second-order valence-electron chi connectivity index (χ2n) is 5.56. The molecule has 2 N–H and O–H groups in total. The van der Waals surface area contributed by atoms with Crippen molar-refractivity contribution < 1.29 is 8.78 Å². The van der Waals surface area contributed by atoms with Gasteiger partial charge in [0.2, 0.25) is 0 Å². The monoisotopic (exact) mass is 273 g/mol. The maximum Gasteiger partial charge on any atom is 0.130 e. The molecule has 20 heavy (non-hydrogen) atoms. The van der Waals surface area contributed by atoms with E-state index in [1.165, 1.54) is 17.2 Å². The van der Waals surface area contributed by atoms with Gasteiger partial charge in [-0.05, 0) is 48.4 Å². The Kier molecular flexibility index (Phi) is 3.30. The second kappa shape index (κ2) is 4.98. The second-order valence-corrected chi connectivity index (χ2v) is 5.56. The van der Waals surface area contributed by atoms with Crippen LogP contribution < -0.4 is 5.73 Å². The van der Waals surface area contributed by atoms with Crippen LogP contribution in [0.25, 0.3) is 0 Å². The Morgan fingerprint density at radius 1 is 1.20 bits per heavy atom. The van der Waals surface area contributed by atoms with Gasteiger partial charge in [-0.1, -0.05) is 24.3 Å². The average Bonchev–Trinajstić information content (AvgIpc) is 2.40. The van der Waals surface area contributed by atoms with E-state index in [1.807, 2.05) is 12.1 Å². The van der Waals surface area contributed by atoms with Crippen LogP contribution in [0.15, 0.2) is 36.4 Å². The van der Waals surface area contributed by atoms with Gasteiger partial charge in [-0.15, -0.1) is 0 Å². The molecule has 1 aliphatic carbocycles. The molecule has 2 atom stereocenters. The fourth-order valence-electron chi connectivity index (χ4n) is 2.97. The predicted octanol–water partition coefficient (Wildman–Crippen LogP) is 4.00. The summed E-state index contributed by atoms with van der Waals surface area (Å²) in [6, 6.07) is 10.3. The first kappa shape index (κ1) is 13.3. The van der Waals surface area contributed by atoms with Gasteiger partial charge >= 0.3 is 0 Å². The summed E-state index contributed by atoms with van der Waals surface area (Å²) in [4.78, 5) is 0. The molecular formula is C17H17F2N. The van der Waals surface area contributed by atoms with Gasteiger partial charge in [0.15, 0.2) is 0 Å². The maximum absolute atomic E-state index is 13.8. The molecule has 0 spiro atoms. The van der Waals surface area contributed by atoms with Crippen molar-refractivity contribution in [1.82, 2.24) is 0 Å². The summed E-state index contributed by atoms with van der Waals surface area (Å²) in [6.45, 7) is 1.63. The van der Waals surface area contributed by atoms with Crippen molar-refractivity contribution in [1.29, 1.82) is 0 Å². The van der Waals surface area contributed by atoms with Crippen molar-refractivity contribution in [3.63, 3.8) is 0 Å². The topological polar surface area (TPSA) is 26.0 Å². The fraction of sp³-hybridized carbons (Fsp3) is 0.294. The fourth-order valence-corrected chi connectivity index (χ4v) is 2.97. The predicted molar refractivity (Wildman–Crippen MR) is 75.5 cm³/mol. The molecule has 2 aromatic carbocycles. The molecule has 0 radical (unpaired) electrons. The van der Waals surface area contributed by atoms with E-state index in [0.29, 0.717) is 23.5 Å². The summed E-state index contributed by atoms with van der Waals surface area (Å²) in [6.07, 6.45) is 1.69. The van der Waals surface area contributed by atoms with E-state index in [-0.39, 0.29) is 0 Å². The summed E-state index contributed by atoms with van der Waals surface area (Å²) in [5.74, 6) is -0.688. The minimum atomic E-state index is -0.548. The number of aryl methyl sites for hydroxylation is 1. The molecule has 104 valence electrons. The molecule has 0 heterocycles. The van der Waals surface area contributed by atoms with Crippen molar-refractivity contribution in [2.45, 2.75) is 31.7 Å². The number of hydrogen-bond donors (Lipinski definition) is 1. The van der Waals surface area contributed by atoms with Crippen LogP contribution in [-0.4, -0.2) is 0 Å². The van der Waals surface area contributed by atoms with Crippen LogP contribution >= 0.6 is 0 Å². The van der Waals surface area contributed by atoms with E-state index in [0.717, 1.165) is 12.5 Å². The van der Waals surface area contributed by atoms with Crippen LogP contribution in [0.5, 0.6) is 0 Å². The standard InChI is InChI=1S/C17H17F2N/c1-10-6-14(16(19)9-15(10)18)17(20)8-12-7-11-4-2-3-5-13(11)12/h2-6,9,12,17H,7-8,20H2,1H3. The van der Waals surface area contributed by atoms with Crippen LogP contribution in [0.3, 0.4) is 0 Å². The number of nitrogens with two attached hydrogens (primary N) is 1. The third-order valence-electron chi connectivity index (χ3n) is 4.18. The van der Waals surface area contributed by atoms with E-state index in [9.17, 15) is 8.78 Å². The zero-order chi connectivity index (χ0) is 14.3. The highest BCUT2D eigenvalue weighted by Crippen LogP contribution is 2.40. The first-order valence-electron chi connectivity index (χ1n) is 6.85. The lowest BCUT2D eigenvalue weighted by atomic mass is 9.74. The van der Waals surface area contributed by atoms with E-state index < -0.39 is 17.7 Å². The highest BCUT2D eigenvalue weighted by molar-refractivity contribution is 5.40. The van der Waals surface area contributed by atoms with Crippen molar-refractivity contribution in [2.24, 2.45) is 5.73 Å². The third-order valence-corrected chi connectivity index (χ3v) is 4.18. The van der Waals surface area contributed by atoms with E-state index in [1.54, 1.807) is 6.92 Å². The molecule has 2 unspecified atom stereocenters. The summed E-state index contributed by atoms with van der Waals surface area (Å²) in [7, 11) is 0. The van der Waals surface area contributed by atoms with Crippen LogP contribution in [0.4, 0.5) is 8.78 Å². The molecule has 0 aliphatic heterocycles. The molecule has 0 bridgehead atoms. The first-order chi connectivity index (χ1) is 9.56. The molecule has 0 saturated heterocycles. The molecule has 3 heteroatoms. The van der Waals surface area contributed by atoms with Gasteiger partial charge in [0, 0.05) is 17.7 Å². The van der Waals surface area contributed by atoms with Crippen LogP contribution in [0, 0.1) is 18.6 Å². The molecular weight excluding hydrogens is 256 g/mol. The zero-order valence-electron chi connectivity index (χ0n) is 11.4. The van der Waals surface area contributed by atoms with Gasteiger partial charge < -0.3 is 5.73 Å². The molecule has 1 aliphatic rings. The SMILES string of the molecule is Cc1cc(C(N)CC2Cc3ccccc32)c(F)cc1F. The number of halogens is 2. The number of benzene rings is 2. The molecule has 0 fully saturated rings. The Morgan fingerprint density at radius 2 is 1.95 bits per heavy atom. The Labute approximate surface area is 117 Å². The minimum Gasteiger partial charge on any atom is -0.324 e. The highest BCUT2D eigenvalue weighted by Gasteiger charge is 2.28. The van der Waals surface area contributed by atoms with Gasteiger partial charge in [-0.25, -0.2) is 8.78 Å². The van der Waals surface area contributed by atoms with Crippen LogP contribution in [0.1, 0.15) is 40.6 Å². The Balaban J connectivity index is 1.78. The molecule has 1 nitrogen and oxygen atoms in total. The smallest absolute Gasteiger partial charge is 0.130 e. The number of rotatable bonds is 3. The van der Waals surface area contributed by atoms with E-state index >= 15 is 0 Å². The first-order valence-corrected chi connectivity index (χ1v) is 6.85. The lowest BCUT2D eigenvalue weighted by Crippen LogP contribution is -2.23. The lowest BCUT2D eigenvalue weighted by Gasteiger charge is -2.32. The molecule has 0 amide bonds. The summed E-state index contributed by atoms with van der Waals surface area (Å²) >= 11 is 0. The average molecular weight is 273 g/mol. The Morgan fingerprint density at radius 3 is 2.70 bits per heavy atom. The summed E-state index contributed by atoms with van der Waals surface area (Å²) in [5.41, 5.74) is 9.62. The quantitative estimate of drug-likeness (QED) is 0.898.